The highest BCUT2D eigenvalue weighted by atomic mass is 16.5. The Balaban J connectivity index is 0.00000187. The van der Waals surface area contributed by atoms with Gasteiger partial charge in [0.1, 0.15) is 5.75 Å². The summed E-state index contributed by atoms with van der Waals surface area (Å²) in [4.78, 5) is 39.5. The van der Waals surface area contributed by atoms with Gasteiger partial charge in [0.25, 0.3) is 0 Å². The van der Waals surface area contributed by atoms with Crippen molar-refractivity contribution in [3.63, 3.8) is 0 Å². The van der Waals surface area contributed by atoms with Crippen molar-refractivity contribution in [3.05, 3.63) is 100.0 Å². The molecule has 0 N–H and O–H groups in total. The van der Waals surface area contributed by atoms with Crippen LogP contribution in [0.15, 0.2) is 78.0 Å². The van der Waals surface area contributed by atoms with Crippen LogP contribution in [-0.2, 0) is 17.6 Å². The van der Waals surface area contributed by atoms with Crippen molar-refractivity contribution in [3.8, 4) is 5.75 Å². The van der Waals surface area contributed by atoms with Crippen LogP contribution in [0.2, 0.25) is 0 Å². The van der Waals surface area contributed by atoms with Crippen molar-refractivity contribution in [1.82, 2.24) is 4.90 Å². The summed E-state index contributed by atoms with van der Waals surface area (Å²) in [6.07, 6.45) is 4.84. The van der Waals surface area contributed by atoms with Gasteiger partial charge in [0.15, 0.2) is 0 Å². The van der Waals surface area contributed by atoms with E-state index >= 15 is 0 Å². The molecule has 7 nitrogen and oxygen atoms in total. The Bertz CT molecular complexity index is 1230. The third-order valence-corrected chi connectivity index (χ3v) is 6.66. The fraction of sp³-hybridized carbons (Fsp3) is 0.412. The fourth-order valence-corrected chi connectivity index (χ4v) is 4.27. The van der Waals surface area contributed by atoms with Gasteiger partial charge in [-0.25, -0.2) is 0 Å². The predicted molar refractivity (Wildman–Crippen MR) is 168 cm³/mol. The van der Waals surface area contributed by atoms with Crippen molar-refractivity contribution in [2.45, 2.75) is 65.8 Å². The number of nitrogens with zero attached hydrogens (tertiary/aromatic N) is 3. The molecule has 2 amide bonds. The maximum atomic E-state index is 12.9. The van der Waals surface area contributed by atoms with E-state index in [1.54, 1.807) is 31.1 Å². The number of carbonyl (C=O) groups is 2. The van der Waals surface area contributed by atoms with Crippen LogP contribution in [0, 0.1) is 4.91 Å². The van der Waals surface area contributed by atoms with Crippen LogP contribution >= 0.6 is 0 Å². The van der Waals surface area contributed by atoms with Crippen LogP contribution in [0.5, 0.6) is 5.75 Å². The molecule has 3 rings (SSSR count). The highest BCUT2D eigenvalue weighted by Crippen LogP contribution is 2.33. The Hall–Kier alpha value is -4.00. The third kappa shape index (κ3) is 10.5. The van der Waals surface area contributed by atoms with Crippen molar-refractivity contribution in [2.24, 2.45) is 5.18 Å². The van der Waals surface area contributed by atoms with Gasteiger partial charge >= 0.3 is 5.91 Å². The Morgan fingerprint density at radius 2 is 1.56 bits per heavy atom. The van der Waals surface area contributed by atoms with Crippen molar-refractivity contribution < 1.29 is 14.3 Å². The Morgan fingerprint density at radius 1 is 0.902 bits per heavy atom. The molecular formula is C34H45N3O4. The second-order valence-electron chi connectivity index (χ2n) is 10.3. The fourth-order valence-electron chi connectivity index (χ4n) is 4.27. The zero-order chi connectivity index (χ0) is 30.2. The van der Waals surface area contributed by atoms with Crippen LogP contribution in [0.1, 0.15) is 80.0 Å². The summed E-state index contributed by atoms with van der Waals surface area (Å²) < 4.78 is 5.95. The maximum absolute atomic E-state index is 12.9. The first-order valence-electron chi connectivity index (χ1n) is 14.5. The summed E-state index contributed by atoms with van der Waals surface area (Å²) >= 11 is 0. The van der Waals surface area contributed by atoms with Gasteiger partial charge in [-0.1, -0.05) is 82.1 Å². The monoisotopic (exact) mass is 559 g/mol. The number of nitroso groups, excluding NO2 is 1. The largest absolute Gasteiger partial charge is 0.493 e. The summed E-state index contributed by atoms with van der Waals surface area (Å²) in [5.74, 6) is -0.109. The zero-order valence-corrected chi connectivity index (χ0v) is 25.4. The van der Waals surface area contributed by atoms with Gasteiger partial charge in [0.05, 0.1) is 19.2 Å². The number of anilines is 1. The molecule has 220 valence electrons. The van der Waals surface area contributed by atoms with E-state index in [2.05, 4.69) is 38.1 Å². The van der Waals surface area contributed by atoms with Crippen LogP contribution in [0.3, 0.4) is 0 Å². The summed E-state index contributed by atoms with van der Waals surface area (Å²) in [7, 11) is 3.45. The Labute approximate surface area is 245 Å². The lowest BCUT2D eigenvalue weighted by atomic mass is 9.99. The van der Waals surface area contributed by atoms with Gasteiger partial charge in [-0.3, -0.25) is 9.59 Å². The average Bonchev–Trinajstić information content (AvgIpc) is 2.99. The van der Waals surface area contributed by atoms with E-state index in [1.807, 2.05) is 60.4 Å². The first kappa shape index (κ1) is 33.2. The molecule has 3 aromatic carbocycles. The predicted octanol–water partition coefficient (Wildman–Crippen LogP) is 7.63. The van der Waals surface area contributed by atoms with Gasteiger partial charge in [0.2, 0.25) is 5.91 Å². The molecule has 0 fully saturated rings. The summed E-state index contributed by atoms with van der Waals surface area (Å²) in [5.41, 5.74) is 4.22. The number of unbranched alkanes of at least 4 members (excludes halogenated alkanes) is 1. The quantitative estimate of drug-likeness (QED) is 0.201. The topological polar surface area (TPSA) is 79.3 Å². The second-order valence-corrected chi connectivity index (χ2v) is 10.3. The molecule has 0 aromatic heterocycles. The van der Waals surface area contributed by atoms with Gasteiger partial charge < -0.3 is 14.5 Å². The first-order valence-corrected chi connectivity index (χ1v) is 14.5. The molecule has 1 unspecified atom stereocenters. The van der Waals surface area contributed by atoms with Crippen molar-refractivity contribution in [1.29, 1.82) is 0 Å². The molecular weight excluding hydrogens is 514 g/mol. The molecule has 3 aromatic rings. The molecule has 0 saturated carbocycles. The van der Waals surface area contributed by atoms with E-state index in [9.17, 15) is 14.5 Å². The van der Waals surface area contributed by atoms with Gasteiger partial charge in [0, 0.05) is 36.9 Å². The number of ether oxygens (including phenoxy) is 1. The summed E-state index contributed by atoms with van der Waals surface area (Å²) in [6, 6.07) is 23.1. The number of amides is 2. The molecule has 1 atom stereocenters. The lowest BCUT2D eigenvalue weighted by Gasteiger charge is -2.34. The molecule has 0 saturated heterocycles. The number of hydrogen-bond donors (Lipinski definition) is 0. The smallest absolute Gasteiger partial charge is 0.316 e. The molecule has 0 aliphatic heterocycles. The van der Waals surface area contributed by atoms with E-state index in [-0.39, 0.29) is 24.1 Å². The molecule has 41 heavy (non-hydrogen) atoms. The number of carbonyl (C=O) groups excluding carboxylic acids is 2. The van der Waals surface area contributed by atoms with Crippen LogP contribution in [0.25, 0.3) is 0 Å². The standard InChI is InChI=1S/C31H37N3O4.C3H8/c1-5-6-12-26-13-14-27(31(36)32-37)21-29(26)34(22-30(35)33(3)4)23(2)25-15-17-28(18-16-25)38-20-19-24-10-8-7-9-11-24;1-3-2/h7-11,13-18,21,23H,5-6,12,19-20,22H2,1-4H3;3H2,1-2H3. The van der Waals surface area contributed by atoms with E-state index in [4.69, 9.17) is 4.74 Å². The van der Waals surface area contributed by atoms with Crippen LogP contribution in [0.4, 0.5) is 5.69 Å². The first-order chi connectivity index (χ1) is 19.7. The SMILES string of the molecule is CCC.CCCCc1ccc(C(=O)N=O)cc1N(CC(=O)N(C)C)C(C)c1ccc(OCCc2ccccc2)cc1. The molecule has 0 aliphatic carbocycles. The minimum atomic E-state index is -0.822. The lowest BCUT2D eigenvalue weighted by molar-refractivity contribution is -0.127. The van der Waals surface area contributed by atoms with E-state index < -0.39 is 5.91 Å². The van der Waals surface area contributed by atoms with Gasteiger partial charge in [-0.05, 0) is 60.7 Å². The number of benzene rings is 3. The molecule has 0 aliphatic rings. The highest BCUT2D eigenvalue weighted by Gasteiger charge is 2.24. The van der Waals surface area contributed by atoms with Gasteiger partial charge in [-0.2, -0.15) is 0 Å². The van der Waals surface area contributed by atoms with Gasteiger partial charge in [-0.15, -0.1) is 4.91 Å². The Morgan fingerprint density at radius 3 is 2.15 bits per heavy atom. The summed E-state index contributed by atoms with van der Waals surface area (Å²) in [5, 5.41) is 2.60. The van der Waals surface area contributed by atoms with Crippen molar-refractivity contribution >= 4 is 17.5 Å². The van der Waals surface area contributed by atoms with E-state index in [0.717, 1.165) is 48.2 Å². The average molecular weight is 560 g/mol. The molecule has 0 heterocycles. The molecule has 0 radical (unpaired) electrons. The molecule has 0 spiro atoms. The summed E-state index contributed by atoms with van der Waals surface area (Å²) in [6.45, 7) is 9.10. The maximum Gasteiger partial charge on any atom is 0.316 e. The second kappa shape index (κ2) is 17.6. The van der Waals surface area contributed by atoms with Crippen LogP contribution in [-0.4, -0.2) is 44.0 Å². The van der Waals surface area contributed by atoms with E-state index in [1.165, 1.54) is 12.0 Å². The minimum absolute atomic E-state index is 0.0654. The normalized spacial score (nSPS) is 11.1. The number of aryl methyl sites for hydroxylation is 1. The molecule has 7 heteroatoms. The van der Waals surface area contributed by atoms with Crippen LogP contribution < -0.4 is 9.64 Å². The molecule has 0 bridgehead atoms. The number of hydrogen-bond acceptors (Lipinski definition) is 5. The Kier molecular flexibility index (Phi) is 14.3. The third-order valence-electron chi connectivity index (χ3n) is 6.66. The van der Waals surface area contributed by atoms with Crippen molar-refractivity contribution in [2.75, 3.05) is 32.1 Å². The lowest BCUT2D eigenvalue weighted by Crippen LogP contribution is -2.38. The van der Waals surface area contributed by atoms with E-state index in [0.29, 0.717) is 6.61 Å². The number of rotatable bonds is 13. The highest BCUT2D eigenvalue weighted by molar-refractivity contribution is 5.96. The zero-order valence-electron chi connectivity index (χ0n) is 25.4. The minimum Gasteiger partial charge on any atom is -0.493 e. The number of likely N-dealkylation sites (N-methyl/N-ethyl adjacent to an activating group) is 1.